The minimum Gasteiger partial charge on any atom is -0.478 e. The Balaban J connectivity index is 2.27. The molecule has 0 atom stereocenters. The number of benzene rings is 1. The largest absolute Gasteiger partial charge is 0.478 e. The molecule has 112 valence electrons. The van der Waals surface area contributed by atoms with Crippen LogP contribution in [0.2, 0.25) is 0 Å². The molecule has 0 spiro atoms. The molecule has 0 saturated carbocycles. The van der Waals surface area contributed by atoms with Crippen LogP contribution in [0.3, 0.4) is 0 Å². The van der Waals surface area contributed by atoms with Gasteiger partial charge in [0.05, 0.1) is 11.2 Å². The van der Waals surface area contributed by atoms with E-state index in [4.69, 9.17) is 5.11 Å². The maximum Gasteiger partial charge on any atom is 0.328 e. The van der Waals surface area contributed by atoms with E-state index < -0.39 is 5.97 Å². The van der Waals surface area contributed by atoms with Crippen molar-refractivity contribution in [2.24, 2.45) is 7.05 Å². The van der Waals surface area contributed by atoms with E-state index in [-0.39, 0.29) is 0 Å². The number of carboxylic acid groups (broad SMARTS) is 1. The first-order chi connectivity index (χ1) is 10.5. The number of fused-ring (bicyclic) bond motifs is 1. The molecule has 0 aliphatic rings. The van der Waals surface area contributed by atoms with Gasteiger partial charge >= 0.3 is 5.97 Å². The molecule has 2 heterocycles. The summed E-state index contributed by atoms with van der Waals surface area (Å²) in [5, 5.41) is 14.5. The van der Waals surface area contributed by atoms with Gasteiger partial charge in [-0.05, 0) is 37.6 Å². The van der Waals surface area contributed by atoms with Gasteiger partial charge in [0.25, 0.3) is 0 Å². The molecule has 0 radical (unpaired) electrons. The van der Waals surface area contributed by atoms with Gasteiger partial charge < -0.3 is 9.67 Å². The molecule has 0 bridgehead atoms. The van der Waals surface area contributed by atoms with Crippen molar-refractivity contribution >= 4 is 22.9 Å². The molecule has 0 aliphatic carbocycles. The van der Waals surface area contributed by atoms with Crippen LogP contribution in [-0.2, 0) is 11.8 Å². The number of aryl methyl sites for hydroxylation is 3. The molecule has 0 amide bonds. The van der Waals surface area contributed by atoms with E-state index in [9.17, 15) is 4.79 Å². The Hall–Kier alpha value is -2.82. The van der Waals surface area contributed by atoms with E-state index in [2.05, 4.69) is 30.2 Å². The van der Waals surface area contributed by atoms with Crippen LogP contribution in [0.15, 0.2) is 36.5 Å². The molecule has 5 nitrogen and oxygen atoms in total. The maximum absolute atomic E-state index is 10.8. The van der Waals surface area contributed by atoms with Crippen molar-refractivity contribution in [1.82, 2.24) is 14.3 Å². The summed E-state index contributed by atoms with van der Waals surface area (Å²) in [7, 11) is 1.86. The number of nitrogens with zero attached hydrogens (tertiary/aromatic N) is 3. The fraction of sp³-hybridized carbons (Fsp3) is 0.176. The molecule has 0 unspecified atom stereocenters. The Morgan fingerprint density at radius 2 is 2.05 bits per heavy atom. The summed E-state index contributed by atoms with van der Waals surface area (Å²) in [5.74, 6) is -0.113. The predicted molar refractivity (Wildman–Crippen MR) is 86.2 cm³/mol. The summed E-state index contributed by atoms with van der Waals surface area (Å²) < 4.78 is 3.82. The molecule has 0 fully saturated rings. The topological polar surface area (TPSA) is 60.0 Å². The molecule has 2 aromatic heterocycles. The minimum absolute atomic E-state index is 0.796. The molecular formula is C17H17N3O2. The molecule has 3 aromatic rings. The van der Waals surface area contributed by atoms with Crippen molar-refractivity contribution < 1.29 is 9.90 Å². The first kappa shape index (κ1) is 14.1. The minimum atomic E-state index is -0.970. The normalized spacial score (nSPS) is 11.6. The number of aromatic nitrogens is 3. The predicted octanol–water partition coefficient (Wildman–Crippen LogP) is 3.08. The van der Waals surface area contributed by atoms with Gasteiger partial charge in [-0.3, -0.25) is 4.68 Å². The van der Waals surface area contributed by atoms with Crippen LogP contribution in [-0.4, -0.2) is 25.4 Å². The molecule has 1 N–H and O–H groups in total. The molecule has 3 rings (SSSR count). The highest BCUT2D eigenvalue weighted by atomic mass is 16.4. The Kier molecular flexibility index (Phi) is 3.33. The van der Waals surface area contributed by atoms with Crippen molar-refractivity contribution in [3.05, 3.63) is 53.4 Å². The first-order valence-electron chi connectivity index (χ1n) is 7.00. The molecule has 1 aromatic carbocycles. The van der Waals surface area contributed by atoms with Gasteiger partial charge in [0.1, 0.15) is 5.82 Å². The summed E-state index contributed by atoms with van der Waals surface area (Å²) in [6.07, 6.45) is 4.73. The second-order valence-electron chi connectivity index (χ2n) is 5.31. The van der Waals surface area contributed by atoms with E-state index in [1.165, 1.54) is 10.9 Å². The van der Waals surface area contributed by atoms with Crippen molar-refractivity contribution in [1.29, 1.82) is 0 Å². The van der Waals surface area contributed by atoms with E-state index in [0.29, 0.717) is 0 Å². The van der Waals surface area contributed by atoms with E-state index >= 15 is 0 Å². The number of carbonyl (C=O) groups is 1. The van der Waals surface area contributed by atoms with Gasteiger partial charge in [-0.25, -0.2) is 4.79 Å². The highest BCUT2D eigenvalue weighted by Crippen LogP contribution is 2.26. The average Bonchev–Trinajstić information content (AvgIpc) is 2.98. The van der Waals surface area contributed by atoms with Gasteiger partial charge in [-0.15, -0.1) is 0 Å². The zero-order valence-corrected chi connectivity index (χ0v) is 12.7. The number of hydrogen-bond donors (Lipinski definition) is 1. The summed E-state index contributed by atoms with van der Waals surface area (Å²) >= 11 is 0. The van der Waals surface area contributed by atoms with Gasteiger partial charge in [-0.1, -0.05) is 12.1 Å². The lowest BCUT2D eigenvalue weighted by Gasteiger charge is -2.08. The third-order valence-corrected chi connectivity index (χ3v) is 3.81. The van der Waals surface area contributed by atoms with E-state index in [1.807, 2.05) is 30.8 Å². The van der Waals surface area contributed by atoms with Gasteiger partial charge in [0.2, 0.25) is 0 Å². The standard InChI is InChI=1S/C17H17N3O2/c1-11-5-4-6-15-13(11)9-10-20(15)17-14(7-8-16(21)22)12(2)18-19(17)3/h4-10H,1-3H3,(H,21,22)/b8-7+. The number of carboxylic acids is 1. The van der Waals surface area contributed by atoms with Crippen LogP contribution in [0.4, 0.5) is 0 Å². The van der Waals surface area contributed by atoms with E-state index in [1.54, 1.807) is 10.8 Å². The van der Waals surface area contributed by atoms with Crippen molar-refractivity contribution in [2.75, 3.05) is 0 Å². The number of hydrogen-bond acceptors (Lipinski definition) is 2. The highest BCUT2D eigenvalue weighted by molar-refractivity contribution is 5.88. The lowest BCUT2D eigenvalue weighted by atomic mass is 10.1. The average molecular weight is 295 g/mol. The maximum atomic E-state index is 10.8. The van der Waals surface area contributed by atoms with Crippen LogP contribution < -0.4 is 0 Å². The third kappa shape index (κ3) is 2.20. The Labute approximate surface area is 128 Å². The molecule has 5 heteroatoms. The zero-order valence-electron chi connectivity index (χ0n) is 12.7. The second kappa shape index (κ2) is 5.18. The lowest BCUT2D eigenvalue weighted by molar-refractivity contribution is -0.131. The van der Waals surface area contributed by atoms with Crippen LogP contribution in [0.5, 0.6) is 0 Å². The quantitative estimate of drug-likeness (QED) is 0.755. The molecule has 22 heavy (non-hydrogen) atoms. The van der Waals surface area contributed by atoms with Crippen LogP contribution in [0, 0.1) is 13.8 Å². The summed E-state index contributed by atoms with van der Waals surface area (Å²) in [4.78, 5) is 10.8. The highest BCUT2D eigenvalue weighted by Gasteiger charge is 2.15. The smallest absolute Gasteiger partial charge is 0.328 e. The monoisotopic (exact) mass is 295 g/mol. The number of aliphatic carboxylic acids is 1. The van der Waals surface area contributed by atoms with Crippen molar-refractivity contribution in [2.45, 2.75) is 13.8 Å². The first-order valence-corrected chi connectivity index (χ1v) is 7.00. The van der Waals surface area contributed by atoms with E-state index in [0.717, 1.165) is 28.7 Å². The van der Waals surface area contributed by atoms with Gasteiger partial charge in [-0.2, -0.15) is 5.10 Å². The second-order valence-corrected chi connectivity index (χ2v) is 5.31. The van der Waals surface area contributed by atoms with Crippen LogP contribution in [0.25, 0.3) is 22.8 Å². The fourth-order valence-electron chi connectivity index (χ4n) is 2.80. The van der Waals surface area contributed by atoms with Crippen LogP contribution in [0.1, 0.15) is 16.8 Å². The number of rotatable bonds is 3. The van der Waals surface area contributed by atoms with Crippen molar-refractivity contribution in [3.8, 4) is 5.82 Å². The SMILES string of the molecule is Cc1nn(C)c(-n2ccc3c(C)cccc32)c1/C=C/C(=O)O. The molecular weight excluding hydrogens is 278 g/mol. The van der Waals surface area contributed by atoms with Crippen molar-refractivity contribution in [3.63, 3.8) is 0 Å². The van der Waals surface area contributed by atoms with Gasteiger partial charge in [0.15, 0.2) is 0 Å². The summed E-state index contributed by atoms with van der Waals surface area (Å²) in [5.41, 5.74) is 3.89. The van der Waals surface area contributed by atoms with Gasteiger partial charge in [0, 0.05) is 30.3 Å². The summed E-state index contributed by atoms with van der Waals surface area (Å²) in [6, 6.07) is 8.21. The third-order valence-electron chi connectivity index (χ3n) is 3.81. The Morgan fingerprint density at radius 1 is 1.27 bits per heavy atom. The summed E-state index contributed by atoms with van der Waals surface area (Å²) in [6.45, 7) is 3.95. The fourth-order valence-corrected chi connectivity index (χ4v) is 2.80. The Morgan fingerprint density at radius 3 is 2.77 bits per heavy atom. The lowest BCUT2D eigenvalue weighted by Crippen LogP contribution is -2.03. The van der Waals surface area contributed by atoms with Crippen LogP contribution >= 0.6 is 0 Å². The molecule has 0 saturated heterocycles. The zero-order chi connectivity index (χ0) is 15.9. The molecule has 0 aliphatic heterocycles. The Bertz CT molecular complexity index is 900.